The fraction of sp³-hybridized carbons (Fsp3) is 0.500. The fourth-order valence-electron chi connectivity index (χ4n) is 2.29. The maximum atomic E-state index is 10.6. The van der Waals surface area contributed by atoms with Crippen LogP contribution in [0.2, 0.25) is 0 Å². The summed E-state index contributed by atoms with van der Waals surface area (Å²) in [5.74, 6) is -0.774. The summed E-state index contributed by atoms with van der Waals surface area (Å²) in [5.41, 5.74) is 7.55. The number of aliphatic carboxylic acids is 1. The first-order valence-corrected chi connectivity index (χ1v) is 6.71. The topological polar surface area (TPSA) is 96.0 Å². The van der Waals surface area contributed by atoms with Crippen molar-refractivity contribution in [2.75, 3.05) is 31.2 Å². The average molecular weight is 280 g/mol. The molecule has 0 spiro atoms. The summed E-state index contributed by atoms with van der Waals surface area (Å²) in [4.78, 5) is 12.8. The van der Waals surface area contributed by atoms with Crippen LogP contribution in [-0.2, 0) is 9.53 Å². The van der Waals surface area contributed by atoms with Crippen molar-refractivity contribution in [1.82, 2.24) is 0 Å². The van der Waals surface area contributed by atoms with Gasteiger partial charge in [-0.1, -0.05) is 0 Å². The molecule has 2 rings (SSSR count). The molecule has 0 amide bonds. The highest BCUT2D eigenvalue weighted by Gasteiger charge is 2.17. The number of hydrogen-bond acceptors (Lipinski definition) is 5. The number of nitrogens with two attached hydrogens (primary N) is 1. The summed E-state index contributed by atoms with van der Waals surface area (Å²) in [6.45, 7) is 2.96. The van der Waals surface area contributed by atoms with E-state index in [0.717, 1.165) is 18.8 Å². The molecule has 20 heavy (non-hydrogen) atoms. The Hall–Kier alpha value is -1.79. The highest BCUT2D eigenvalue weighted by molar-refractivity contribution is 5.66. The van der Waals surface area contributed by atoms with Crippen LogP contribution in [0.1, 0.15) is 24.4 Å². The predicted molar refractivity (Wildman–Crippen MR) is 74.9 cm³/mol. The summed E-state index contributed by atoms with van der Waals surface area (Å²) in [5, 5.41) is 18.6. The molecule has 0 aliphatic carbocycles. The molecule has 0 aromatic heterocycles. The van der Waals surface area contributed by atoms with Crippen LogP contribution in [0.4, 0.5) is 5.69 Å². The number of carboxylic acids is 1. The van der Waals surface area contributed by atoms with Crippen LogP contribution in [-0.4, -0.2) is 42.5 Å². The van der Waals surface area contributed by atoms with E-state index < -0.39 is 12.0 Å². The molecular weight excluding hydrogens is 260 g/mol. The molecule has 6 nitrogen and oxygen atoms in total. The maximum absolute atomic E-state index is 10.6. The number of carbonyl (C=O) groups is 1. The van der Waals surface area contributed by atoms with Crippen molar-refractivity contribution in [2.45, 2.75) is 18.9 Å². The Kier molecular flexibility index (Phi) is 4.81. The van der Waals surface area contributed by atoms with E-state index in [0.29, 0.717) is 25.2 Å². The Balaban J connectivity index is 2.13. The molecule has 1 aliphatic rings. The standard InChI is InChI=1S/C14H20N2O4/c15-12(2-4-14(18)19)11-9-10(1-3-13(11)17)16-5-7-20-8-6-16/h1,3,9,12,17H,2,4-8,15H2,(H,18,19). The minimum atomic E-state index is -0.885. The van der Waals surface area contributed by atoms with Gasteiger partial charge >= 0.3 is 5.97 Å². The van der Waals surface area contributed by atoms with Crippen molar-refractivity contribution in [3.8, 4) is 5.75 Å². The number of phenolic OH excluding ortho intramolecular Hbond substituents is 1. The van der Waals surface area contributed by atoms with Crippen LogP contribution in [0.5, 0.6) is 5.75 Å². The van der Waals surface area contributed by atoms with E-state index in [1.807, 2.05) is 12.1 Å². The van der Waals surface area contributed by atoms with E-state index in [4.69, 9.17) is 15.6 Å². The predicted octanol–water partition coefficient (Wildman–Crippen LogP) is 1.09. The van der Waals surface area contributed by atoms with Gasteiger partial charge in [0.15, 0.2) is 0 Å². The van der Waals surface area contributed by atoms with E-state index >= 15 is 0 Å². The zero-order valence-corrected chi connectivity index (χ0v) is 11.3. The number of rotatable bonds is 5. The van der Waals surface area contributed by atoms with Gasteiger partial charge in [-0.15, -0.1) is 0 Å². The zero-order chi connectivity index (χ0) is 14.5. The van der Waals surface area contributed by atoms with Crippen LogP contribution in [0.15, 0.2) is 18.2 Å². The third-order valence-electron chi connectivity index (χ3n) is 3.46. The Bertz CT molecular complexity index is 472. The van der Waals surface area contributed by atoms with Crippen LogP contribution in [0, 0.1) is 0 Å². The first-order chi connectivity index (χ1) is 9.58. The normalized spacial score (nSPS) is 16.9. The molecule has 6 heteroatoms. The fourth-order valence-corrected chi connectivity index (χ4v) is 2.29. The summed E-state index contributed by atoms with van der Waals surface area (Å²) < 4.78 is 5.31. The quantitative estimate of drug-likeness (QED) is 0.747. The second-order valence-electron chi connectivity index (χ2n) is 4.88. The number of carboxylic acid groups (broad SMARTS) is 1. The molecule has 110 valence electrons. The van der Waals surface area contributed by atoms with Gasteiger partial charge in [0, 0.05) is 36.8 Å². The molecule has 1 aliphatic heterocycles. The Labute approximate surface area is 117 Å². The van der Waals surface area contributed by atoms with Gasteiger partial charge in [-0.3, -0.25) is 4.79 Å². The van der Waals surface area contributed by atoms with Gasteiger partial charge in [0.2, 0.25) is 0 Å². The van der Waals surface area contributed by atoms with Gasteiger partial charge in [0.1, 0.15) is 5.75 Å². The van der Waals surface area contributed by atoms with Gasteiger partial charge in [0.25, 0.3) is 0 Å². The average Bonchev–Trinajstić information content (AvgIpc) is 2.46. The van der Waals surface area contributed by atoms with Gasteiger partial charge in [-0.2, -0.15) is 0 Å². The number of aromatic hydroxyl groups is 1. The van der Waals surface area contributed by atoms with E-state index in [1.54, 1.807) is 6.07 Å². The SMILES string of the molecule is NC(CCC(=O)O)c1cc(N2CCOCC2)ccc1O. The van der Waals surface area contributed by atoms with Gasteiger partial charge in [-0.25, -0.2) is 0 Å². The van der Waals surface area contributed by atoms with Crippen molar-refractivity contribution < 1.29 is 19.7 Å². The Morgan fingerprint density at radius 1 is 1.40 bits per heavy atom. The molecular formula is C14H20N2O4. The van der Waals surface area contributed by atoms with Crippen LogP contribution < -0.4 is 10.6 Å². The summed E-state index contributed by atoms with van der Waals surface area (Å²) in [6, 6.07) is 4.81. The van der Waals surface area contributed by atoms with E-state index in [9.17, 15) is 9.90 Å². The summed E-state index contributed by atoms with van der Waals surface area (Å²) >= 11 is 0. The molecule has 0 bridgehead atoms. The number of phenols is 1. The van der Waals surface area contributed by atoms with Crippen LogP contribution in [0.3, 0.4) is 0 Å². The Morgan fingerprint density at radius 2 is 2.10 bits per heavy atom. The maximum Gasteiger partial charge on any atom is 0.303 e. The van der Waals surface area contributed by atoms with Crippen molar-refractivity contribution in [1.29, 1.82) is 0 Å². The lowest BCUT2D eigenvalue weighted by atomic mass is 10.0. The van der Waals surface area contributed by atoms with Crippen LogP contribution >= 0.6 is 0 Å². The van der Waals surface area contributed by atoms with Gasteiger partial charge < -0.3 is 25.6 Å². The smallest absolute Gasteiger partial charge is 0.303 e. The lowest BCUT2D eigenvalue weighted by Gasteiger charge is -2.29. The van der Waals surface area contributed by atoms with E-state index in [1.165, 1.54) is 0 Å². The van der Waals surface area contributed by atoms with Crippen molar-refractivity contribution in [3.63, 3.8) is 0 Å². The lowest BCUT2D eigenvalue weighted by Crippen LogP contribution is -2.36. The van der Waals surface area contributed by atoms with Crippen LogP contribution in [0.25, 0.3) is 0 Å². The second-order valence-corrected chi connectivity index (χ2v) is 4.88. The third kappa shape index (κ3) is 3.61. The Morgan fingerprint density at radius 3 is 2.75 bits per heavy atom. The molecule has 0 saturated carbocycles. The van der Waals surface area contributed by atoms with E-state index in [2.05, 4.69) is 4.90 Å². The minimum Gasteiger partial charge on any atom is -0.508 e. The number of benzene rings is 1. The number of hydrogen-bond donors (Lipinski definition) is 3. The highest BCUT2D eigenvalue weighted by atomic mass is 16.5. The number of morpholine rings is 1. The first-order valence-electron chi connectivity index (χ1n) is 6.71. The molecule has 1 atom stereocenters. The van der Waals surface area contributed by atoms with Crippen molar-refractivity contribution in [2.24, 2.45) is 5.73 Å². The minimum absolute atomic E-state index is 0.0115. The number of nitrogens with zero attached hydrogens (tertiary/aromatic N) is 1. The van der Waals surface area contributed by atoms with Crippen molar-refractivity contribution in [3.05, 3.63) is 23.8 Å². The third-order valence-corrected chi connectivity index (χ3v) is 3.46. The van der Waals surface area contributed by atoms with Crippen molar-refractivity contribution >= 4 is 11.7 Å². The number of ether oxygens (including phenoxy) is 1. The number of anilines is 1. The molecule has 1 aromatic carbocycles. The van der Waals surface area contributed by atoms with Gasteiger partial charge in [0.05, 0.1) is 13.2 Å². The van der Waals surface area contributed by atoms with Gasteiger partial charge in [-0.05, 0) is 24.6 Å². The molecule has 1 fully saturated rings. The molecule has 1 unspecified atom stereocenters. The molecule has 0 radical (unpaired) electrons. The molecule has 4 N–H and O–H groups in total. The summed E-state index contributed by atoms with van der Waals surface area (Å²) in [6.07, 6.45) is 0.290. The molecule has 1 heterocycles. The zero-order valence-electron chi connectivity index (χ0n) is 11.3. The lowest BCUT2D eigenvalue weighted by molar-refractivity contribution is -0.137. The monoisotopic (exact) mass is 280 g/mol. The van der Waals surface area contributed by atoms with E-state index in [-0.39, 0.29) is 12.2 Å². The largest absolute Gasteiger partial charge is 0.508 e. The second kappa shape index (κ2) is 6.58. The highest BCUT2D eigenvalue weighted by Crippen LogP contribution is 2.30. The summed E-state index contributed by atoms with van der Waals surface area (Å²) in [7, 11) is 0. The first kappa shape index (κ1) is 14.6. The molecule has 1 saturated heterocycles. The molecule has 1 aromatic rings.